The predicted molar refractivity (Wildman–Crippen MR) is 120 cm³/mol. The largest absolute Gasteiger partial charge is 0.451 e. The Morgan fingerprint density at radius 3 is 2.58 bits per heavy atom. The van der Waals surface area contributed by atoms with Crippen LogP contribution in [-0.4, -0.2) is 32.3 Å². The lowest BCUT2D eigenvalue weighted by molar-refractivity contribution is -0.145. The van der Waals surface area contributed by atoms with Gasteiger partial charge >= 0.3 is 6.18 Å². The van der Waals surface area contributed by atoms with Gasteiger partial charge in [0.15, 0.2) is 0 Å². The Bertz CT molecular complexity index is 1500. The third kappa shape index (κ3) is 4.43. The number of benzene rings is 1. The van der Waals surface area contributed by atoms with Crippen molar-refractivity contribution in [2.45, 2.75) is 19.0 Å². The zero-order valence-corrected chi connectivity index (χ0v) is 18.5. The van der Waals surface area contributed by atoms with E-state index < -0.39 is 23.7 Å². The number of rotatable bonds is 6. The molecular weight excluding hydrogens is 480 g/mol. The highest BCUT2D eigenvalue weighted by molar-refractivity contribution is 6.05. The van der Waals surface area contributed by atoms with Crippen LogP contribution in [0.3, 0.4) is 0 Å². The van der Waals surface area contributed by atoms with Crippen molar-refractivity contribution in [2.75, 3.05) is 0 Å². The van der Waals surface area contributed by atoms with E-state index in [1.165, 1.54) is 18.2 Å². The van der Waals surface area contributed by atoms with Crippen LogP contribution >= 0.6 is 0 Å². The lowest BCUT2D eigenvalue weighted by Crippen LogP contribution is -2.30. The number of amidine groups is 1. The number of aliphatic imine (C=N–C) groups is 1. The third-order valence-corrected chi connectivity index (χ3v) is 5.34. The van der Waals surface area contributed by atoms with Crippen LogP contribution in [0.2, 0.25) is 0 Å². The van der Waals surface area contributed by atoms with Gasteiger partial charge in [-0.1, -0.05) is 17.3 Å². The summed E-state index contributed by atoms with van der Waals surface area (Å²) in [6.07, 6.45) is -1.95. The van der Waals surface area contributed by atoms with E-state index in [0.717, 1.165) is 18.7 Å². The number of alkyl halides is 3. The number of hydrogen-bond acceptors (Lipinski definition) is 5. The van der Waals surface area contributed by atoms with Crippen molar-refractivity contribution in [3.8, 4) is 28.5 Å². The number of nitrogens with two attached hydrogens (primary N) is 2. The van der Waals surface area contributed by atoms with Crippen LogP contribution in [0.5, 0.6) is 0 Å². The molecule has 5 N–H and O–H groups in total. The molecule has 3 aromatic heterocycles. The molecule has 4 aromatic rings. The van der Waals surface area contributed by atoms with Crippen LogP contribution in [0, 0.1) is 17.1 Å². The van der Waals surface area contributed by atoms with E-state index in [2.05, 4.69) is 25.1 Å². The second-order valence-electron chi connectivity index (χ2n) is 7.55. The van der Waals surface area contributed by atoms with Gasteiger partial charge < -0.3 is 15.2 Å². The maximum absolute atomic E-state index is 14.2. The normalized spacial score (nSPS) is 12.8. The molecule has 0 aliphatic carbocycles. The summed E-state index contributed by atoms with van der Waals surface area (Å²) in [4.78, 5) is 13.6. The average molecular weight is 497 g/mol. The predicted octanol–water partition coefficient (Wildman–Crippen LogP) is 2.80. The van der Waals surface area contributed by atoms with Crippen LogP contribution in [-0.2, 0) is 6.18 Å². The summed E-state index contributed by atoms with van der Waals surface area (Å²) in [5.41, 5.74) is 7.16. The van der Waals surface area contributed by atoms with Gasteiger partial charge in [0.05, 0.1) is 11.5 Å². The quantitative estimate of drug-likeness (QED) is 0.211. The minimum absolute atomic E-state index is 0.0415. The summed E-state index contributed by atoms with van der Waals surface area (Å²) in [5.74, 6) is -2.31. The standard InChI is InChI=1S/C23H16F4N8O/c1-11(17-6-16(35-36-17)13-4-2-3-5-15(13)24)19-14(7-28)18(20(34-19)21(30)33-10-29)12-8-31-22(32-9-12)23(25,26)27/h2-6,8-11,34H,1H3,(H3,29,30,33)/p+1. The van der Waals surface area contributed by atoms with Gasteiger partial charge in [0.25, 0.3) is 12.2 Å². The molecule has 0 spiro atoms. The Hall–Kier alpha value is -4.86. The van der Waals surface area contributed by atoms with Crippen molar-refractivity contribution in [2.24, 2.45) is 10.7 Å². The summed E-state index contributed by atoms with van der Waals surface area (Å²) in [7, 11) is 0. The van der Waals surface area contributed by atoms with E-state index in [1.807, 2.05) is 6.07 Å². The second kappa shape index (κ2) is 9.41. The van der Waals surface area contributed by atoms with Crippen LogP contribution in [0.25, 0.3) is 22.4 Å². The molecule has 13 heteroatoms. The molecule has 1 aromatic carbocycles. The van der Waals surface area contributed by atoms with E-state index in [4.69, 9.17) is 15.7 Å². The Morgan fingerprint density at radius 2 is 1.97 bits per heavy atom. The van der Waals surface area contributed by atoms with Crippen molar-refractivity contribution >= 4 is 12.2 Å². The highest BCUT2D eigenvalue weighted by Gasteiger charge is 2.35. The summed E-state index contributed by atoms with van der Waals surface area (Å²) >= 11 is 0. The number of H-pyrrole nitrogens is 1. The summed E-state index contributed by atoms with van der Waals surface area (Å²) in [5, 5.41) is 19.3. The molecule has 9 nitrogen and oxygen atoms in total. The smallest absolute Gasteiger partial charge is 0.361 e. The van der Waals surface area contributed by atoms with Crippen molar-refractivity contribution in [3.63, 3.8) is 0 Å². The molecule has 0 amide bonds. The molecule has 1 atom stereocenters. The second-order valence-corrected chi connectivity index (χ2v) is 7.55. The van der Waals surface area contributed by atoms with Gasteiger partial charge in [0, 0.05) is 40.8 Å². The van der Waals surface area contributed by atoms with Gasteiger partial charge in [0.1, 0.15) is 29.0 Å². The monoisotopic (exact) mass is 497 g/mol. The SMILES string of the molecule is CC(c1cc(-c2ccccc2F)no1)c1[nH]c(C(N)=NC=[NH2+])c(-c2cnc(C(F)(F)F)nc2)c1C#N. The molecule has 4 rings (SSSR count). The first-order valence-corrected chi connectivity index (χ1v) is 10.3. The summed E-state index contributed by atoms with van der Waals surface area (Å²) in [6.45, 7) is 1.69. The molecule has 1 unspecified atom stereocenters. The molecule has 0 saturated carbocycles. The van der Waals surface area contributed by atoms with Crippen LogP contribution < -0.4 is 11.1 Å². The molecule has 0 bridgehead atoms. The molecule has 0 fully saturated rings. The van der Waals surface area contributed by atoms with E-state index in [0.29, 0.717) is 5.69 Å². The van der Waals surface area contributed by atoms with Gasteiger partial charge in [-0.05, 0) is 24.0 Å². The Morgan fingerprint density at radius 1 is 1.28 bits per heavy atom. The topological polar surface area (TPSA) is 155 Å². The maximum Gasteiger partial charge on any atom is 0.451 e. The Labute approximate surface area is 200 Å². The van der Waals surface area contributed by atoms with Crippen LogP contribution in [0.15, 0.2) is 52.2 Å². The Balaban J connectivity index is 1.84. The first-order valence-electron chi connectivity index (χ1n) is 10.3. The van der Waals surface area contributed by atoms with Gasteiger partial charge in [-0.2, -0.15) is 18.4 Å². The molecule has 0 saturated heterocycles. The fraction of sp³-hybridized carbons (Fsp3) is 0.130. The van der Waals surface area contributed by atoms with E-state index in [9.17, 15) is 22.8 Å². The van der Waals surface area contributed by atoms with Gasteiger partial charge in [-0.15, -0.1) is 0 Å². The molecule has 0 aliphatic rings. The fourth-order valence-electron chi connectivity index (χ4n) is 3.62. The average Bonchev–Trinajstić information content (AvgIpc) is 3.49. The Kier molecular flexibility index (Phi) is 6.35. The van der Waals surface area contributed by atoms with Gasteiger partial charge in [-0.25, -0.2) is 14.4 Å². The highest BCUT2D eigenvalue weighted by atomic mass is 19.4. The number of aromatic amines is 1. The van der Waals surface area contributed by atoms with E-state index in [-0.39, 0.29) is 45.2 Å². The lowest BCUT2D eigenvalue weighted by atomic mass is 9.96. The van der Waals surface area contributed by atoms with Gasteiger partial charge in [-0.3, -0.25) is 5.41 Å². The fourth-order valence-corrected chi connectivity index (χ4v) is 3.62. The zero-order chi connectivity index (χ0) is 26.0. The van der Waals surface area contributed by atoms with E-state index in [1.54, 1.807) is 19.1 Å². The third-order valence-electron chi connectivity index (χ3n) is 5.34. The summed E-state index contributed by atoms with van der Waals surface area (Å²) in [6, 6.07) is 9.58. The summed E-state index contributed by atoms with van der Waals surface area (Å²) < 4.78 is 58.4. The first-order chi connectivity index (χ1) is 17.2. The van der Waals surface area contributed by atoms with E-state index >= 15 is 0 Å². The molecular formula is C23H17F4N8O+. The zero-order valence-electron chi connectivity index (χ0n) is 18.5. The highest BCUT2D eigenvalue weighted by Crippen LogP contribution is 2.37. The van der Waals surface area contributed by atoms with Crippen molar-refractivity contribution in [1.82, 2.24) is 20.1 Å². The molecule has 36 heavy (non-hydrogen) atoms. The van der Waals surface area contributed by atoms with Crippen molar-refractivity contribution in [1.29, 1.82) is 5.26 Å². The number of nitriles is 1. The maximum atomic E-state index is 14.2. The van der Waals surface area contributed by atoms with Crippen LogP contribution in [0.4, 0.5) is 17.6 Å². The number of nitrogens with one attached hydrogen (secondary N) is 1. The molecule has 0 radical (unpaired) electrons. The number of hydrogen-bond donors (Lipinski definition) is 3. The van der Waals surface area contributed by atoms with Gasteiger partial charge in [0.2, 0.25) is 5.82 Å². The number of nitrogens with zero attached hydrogens (tertiary/aromatic N) is 5. The molecule has 182 valence electrons. The molecule has 3 heterocycles. The number of aromatic nitrogens is 4. The number of halogens is 4. The molecule has 0 aliphatic heterocycles. The minimum atomic E-state index is -4.74. The minimum Gasteiger partial charge on any atom is -0.361 e. The lowest BCUT2D eigenvalue weighted by Gasteiger charge is -2.07. The van der Waals surface area contributed by atoms with Crippen molar-refractivity contribution in [3.05, 3.63) is 77.1 Å². The first kappa shape index (κ1) is 24.3. The van der Waals surface area contributed by atoms with Crippen LogP contribution in [0.1, 0.15) is 41.4 Å². The van der Waals surface area contributed by atoms with Crippen molar-refractivity contribution < 1.29 is 27.5 Å².